The Balaban J connectivity index is 1.88. The number of hydrogen-bond donors (Lipinski definition) is 1. The molecule has 3 atom stereocenters. The summed E-state index contributed by atoms with van der Waals surface area (Å²) < 4.78 is 0. The van der Waals surface area contributed by atoms with E-state index in [0.29, 0.717) is 0 Å². The predicted molar refractivity (Wildman–Crippen MR) is 77.7 cm³/mol. The van der Waals surface area contributed by atoms with Crippen molar-refractivity contribution >= 4 is 0 Å². The van der Waals surface area contributed by atoms with Gasteiger partial charge in [-0.3, -0.25) is 4.90 Å². The smallest absolute Gasteiger partial charge is 0.0285 e. The lowest BCUT2D eigenvalue weighted by Crippen LogP contribution is -2.56. The molecule has 1 saturated carbocycles. The molecule has 3 nitrogen and oxygen atoms in total. The average Bonchev–Trinajstić information content (AvgIpc) is 2.28. The summed E-state index contributed by atoms with van der Waals surface area (Å²) in [6.07, 6.45) is 7.81. The van der Waals surface area contributed by atoms with Gasteiger partial charge >= 0.3 is 0 Å². The first kappa shape index (κ1) is 14.3. The Kier molecular flexibility index (Phi) is 4.68. The normalized spacial score (nSPS) is 39.2. The SMILES string of the molecule is CC1CCCC(N)(CN2CCCC(N(C)C)C2)C1. The second-order valence-electron chi connectivity index (χ2n) is 7.06. The Hall–Kier alpha value is -0.120. The minimum atomic E-state index is 0.0892. The fraction of sp³-hybridized carbons (Fsp3) is 1.00. The van der Waals surface area contributed by atoms with Crippen LogP contribution in [0.4, 0.5) is 0 Å². The van der Waals surface area contributed by atoms with Gasteiger partial charge < -0.3 is 10.6 Å². The molecule has 0 amide bonds. The zero-order valence-corrected chi connectivity index (χ0v) is 12.5. The van der Waals surface area contributed by atoms with Gasteiger partial charge in [0.05, 0.1) is 0 Å². The Morgan fingerprint density at radius 2 is 2.06 bits per heavy atom. The first-order valence-corrected chi connectivity index (χ1v) is 7.66. The first-order valence-electron chi connectivity index (χ1n) is 7.66. The topological polar surface area (TPSA) is 32.5 Å². The van der Waals surface area contributed by atoms with Crippen LogP contribution in [0.2, 0.25) is 0 Å². The van der Waals surface area contributed by atoms with Crippen molar-refractivity contribution in [2.75, 3.05) is 33.7 Å². The molecule has 0 spiro atoms. The zero-order chi connectivity index (χ0) is 13.2. The highest BCUT2D eigenvalue weighted by Gasteiger charge is 2.34. The molecule has 1 aliphatic carbocycles. The van der Waals surface area contributed by atoms with E-state index in [1.807, 2.05) is 0 Å². The van der Waals surface area contributed by atoms with Crippen molar-refractivity contribution in [3.63, 3.8) is 0 Å². The summed E-state index contributed by atoms with van der Waals surface area (Å²) in [4.78, 5) is 4.99. The molecule has 1 saturated heterocycles. The molecular weight excluding hydrogens is 222 g/mol. The van der Waals surface area contributed by atoms with Crippen LogP contribution in [0, 0.1) is 5.92 Å². The van der Waals surface area contributed by atoms with Gasteiger partial charge in [-0.2, -0.15) is 0 Å². The van der Waals surface area contributed by atoms with Crippen LogP contribution in [0.3, 0.4) is 0 Å². The molecule has 18 heavy (non-hydrogen) atoms. The quantitative estimate of drug-likeness (QED) is 0.834. The molecule has 2 N–H and O–H groups in total. The molecule has 0 aromatic rings. The summed E-state index contributed by atoms with van der Waals surface area (Å²) in [6.45, 7) is 5.93. The maximum atomic E-state index is 6.65. The third-order valence-electron chi connectivity index (χ3n) is 4.88. The third-order valence-corrected chi connectivity index (χ3v) is 4.88. The molecule has 0 radical (unpaired) electrons. The van der Waals surface area contributed by atoms with Crippen LogP contribution in [-0.4, -0.2) is 55.1 Å². The second-order valence-corrected chi connectivity index (χ2v) is 7.06. The largest absolute Gasteiger partial charge is 0.324 e. The molecule has 1 heterocycles. The number of nitrogens with zero attached hydrogens (tertiary/aromatic N) is 2. The molecule has 106 valence electrons. The lowest BCUT2D eigenvalue weighted by atomic mass is 9.76. The van der Waals surface area contributed by atoms with Gasteiger partial charge in [0.1, 0.15) is 0 Å². The fourth-order valence-electron chi connectivity index (χ4n) is 3.89. The highest BCUT2D eigenvalue weighted by atomic mass is 15.2. The standard InChI is InChI=1S/C15H31N3/c1-13-6-4-8-15(16,10-13)12-18-9-5-7-14(11-18)17(2)3/h13-14H,4-12,16H2,1-3H3. The number of likely N-dealkylation sites (tertiary alicyclic amines) is 1. The van der Waals surface area contributed by atoms with E-state index in [-0.39, 0.29) is 5.54 Å². The highest BCUT2D eigenvalue weighted by molar-refractivity contribution is 4.94. The van der Waals surface area contributed by atoms with Crippen molar-refractivity contribution in [2.24, 2.45) is 11.7 Å². The number of nitrogens with two attached hydrogens (primary N) is 1. The lowest BCUT2D eigenvalue weighted by Gasteiger charge is -2.44. The van der Waals surface area contributed by atoms with Gasteiger partial charge in [0.25, 0.3) is 0 Å². The van der Waals surface area contributed by atoms with Gasteiger partial charge in [-0.05, 0) is 52.2 Å². The summed E-state index contributed by atoms with van der Waals surface area (Å²) in [7, 11) is 4.41. The Morgan fingerprint density at radius 1 is 1.28 bits per heavy atom. The van der Waals surface area contributed by atoms with Crippen LogP contribution < -0.4 is 5.73 Å². The van der Waals surface area contributed by atoms with E-state index in [1.165, 1.54) is 51.6 Å². The fourth-order valence-corrected chi connectivity index (χ4v) is 3.89. The van der Waals surface area contributed by atoms with Crippen LogP contribution in [0.1, 0.15) is 45.4 Å². The van der Waals surface area contributed by atoms with Crippen LogP contribution in [-0.2, 0) is 0 Å². The van der Waals surface area contributed by atoms with E-state index in [1.54, 1.807) is 0 Å². The number of piperidine rings is 1. The maximum Gasteiger partial charge on any atom is 0.0285 e. The van der Waals surface area contributed by atoms with Crippen molar-refractivity contribution < 1.29 is 0 Å². The van der Waals surface area contributed by atoms with Crippen LogP contribution in [0.5, 0.6) is 0 Å². The van der Waals surface area contributed by atoms with Gasteiger partial charge in [-0.1, -0.05) is 19.8 Å². The van der Waals surface area contributed by atoms with Crippen molar-refractivity contribution in [3.05, 3.63) is 0 Å². The summed E-state index contributed by atoms with van der Waals surface area (Å²) >= 11 is 0. The Bertz CT molecular complexity index is 266. The van der Waals surface area contributed by atoms with Crippen LogP contribution in [0.25, 0.3) is 0 Å². The molecule has 1 aliphatic heterocycles. The number of rotatable bonds is 3. The average molecular weight is 253 g/mol. The van der Waals surface area contributed by atoms with E-state index in [4.69, 9.17) is 5.73 Å². The molecule has 0 aromatic heterocycles. The Labute approximate surface area is 113 Å². The van der Waals surface area contributed by atoms with E-state index >= 15 is 0 Å². The van der Waals surface area contributed by atoms with E-state index in [9.17, 15) is 0 Å². The van der Waals surface area contributed by atoms with Gasteiger partial charge in [0, 0.05) is 24.7 Å². The van der Waals surface area contributed by atoms with Crippen LogP contribution >= 0.6 is 0 Å². The molecule has 3 unspecified atom stereocenters. The maximum absolute atomic E-state index is 6.65. The first-order chi connectivity index (χ1) is 8.48. The molecule has 3 heteroatoms. The summed E-state index contributed by atoms with van der Waals surface area (Å²) in [5, 5.41) is 0. The number of hydrogen-bond acceptors (Lipinski definition) is 3. The van der Waals surface area contributed by atoms with Gasteiger partial charge in [-0.15, -0.1) is 0 Å². The van der Waals surface area contributed by atoms with Gasteiger partial charge in [0.15, 0.2) is 0 Å². The molecule has 2 aliphatic rings. The van der Waals surface area contributed by atoms with E-state index in [0.717, 1.165) is 18.5 Å². The molecule has 2 rings (SSSR count). The summed E-state index contributed by atoms with van der Waals surface area (Å²) in [5.74, 6) is 0.818. The summed E-state index contributed by atoms with van der Waals surface area (Å²) in [6, 6.07) is 0.725. The van der Waals surface area contributed by atoms with E-state index in [2.05, 4.69) is 30.8 Å². The van der Waals surface area contributed by atoms with Gasteiger partial charge in [0.2, 0.25) is 0 Å². The van der Waals surface area contributed by atoms with Crippen molar-refractivity contribution in [3.8, 4) is 0 Å². The number of likely N-dealkylation sites (N-methyl/N-ethyl adjacent to an activating group) is 1. The monoisotopic (exact) mass is 253 g/mol. The highest BCUT2D eigenvalue weighted by Crippen LogP contribution is 2.31. The lowest BCUT2D eigenvalue weighted by molar-refractivity contribution is 0.0910. The van der Waals surface area contributed by atoms with Crippen molar-refractivity contribution in [1.29, 1.82) is 0 Å². The minimum Gasteiger partial charge on any atom is -0.324 e. The Morgan fingerprint density at radius 3 is 2.72 bits per heavy atom. The summed E-state index contributed by atoms with van der Waals surface area (Å²) in [5.41, 5.74) is 6.74. The predicted octanol–water partition coefficient (Wildman–Crippen LogP) is 1.92. The zero-order valence-electron chi connectivity index (χ0n) is 12.5. The molecule has 2 fully saturated rings. The molecular formula is C15H31N3. The minimum absolute atomic E-state index is 0.0892. The van der Waals surface area contributed by atoms with Crippen molar-refractivity contribution in [1.82, 2.24) is 9.80 Å². The molecule has 0 bridgehead atoms. The molecule has 0 aromatic carbocycles. The second kappa shape index (κ2) is 5.89. The van der Waals surface area contributed by atoms with E-state index < -0.39 is 0 Å². The van der Waals surface area contributed by atoms with Crippen LogP contribution in [0.15, 0.2) is 0 Å². The van der Waals surface area contributed by atoms with Crippen molar-refractivity contribution in [2.45, 2.75) is 57.0 Å². The third kappa shape index (κ3) is 3.69. The van der Waals surface area contributed by atoms with Gasteiger partial charge in [-0.25, -0.2) is 0 Å².